The molecule has 0 bridgehead atoms. The summed E-state index contributed by atoms with van der Waals surface area (Å²) in [5.41, 5.74) is 1.63. The lowest BCUT2D eigenvalue weighted by molar-refractivity contribution is 0.481. The summed E-state index contributed by atoms with van der Waals surface area (Å²) in [6, 6.07) is 14.7. The minimum absolute atomic E-state index is 0.462. The molecule has 0 heterocycles. The van der Waals surface area contributed by atoms with Gasteiger partial charge in [-0.1, -0.05) is 23.7 Å². The van der Waals surface area contributed by atoms with Gasteiger partial charge < -0.3 is 10.1 Å². The number of halogens is 1. The van der Waals surface area contributed by atoms with Crippen LogP contribution < -0.4 is 10.1 Å². The Morgan fingerprint density at radius 3 is 2.58 bits per heavy atom. The van der Waals surface area contributed by atoms with Crippen LogP contribution >= 0.6 is 11.6 Å². The maximum absolute atomic E-state index is 9.02. The zero-order chi connectivity index (χ0) is 13.7. The summed E-state index contributed by atoms with van der Waals surface area (Å²) >= 11 is 5.91. The van der Waals surface area contributed by atoms with Crippen molar-refractivity contribution in [2.24, 2.45) is 0 Å². The molecule has 2 rings (SSSR count). The molecule has 2 aromatic carbocycles. The van der Waals surface area contributed by atoms with Crippen LogP contribution in [0.15, 0.2) is 42.5 Å². The molecule has 0 saturated heterocycles. The molecule has 0 aliphatic rings. The second-order valence-electron chi connectivity index (χ2n) is 4.03. The minimum Gasteiger partial charge on any atom is -0.456 e. The lowest BCUT2D eigenvalue weighted by atomic mass is 10.2. The highest BCUT2D eigenvalue weighted by molar-refractivity contribution is 6.30. The maximum Gasteiger partial charge on any atom is 0.146 e. The average Bonchev–Trinajstić information content (AvgIpc) is 2.42. The molecule has 0 fully saturated rings. The molecule has 0 spiro atoms. The number of rotatable bonds is 4. The van der Waals surface area contributed by atoms with Gasteiger partial charge in [-0.3, -0.25) is 0 Å². The monoisotopic (exact) mass is 272 g/mol. The number of hydrogen-bond donors (Lipinski definition) is 1. The maximum atomic E-state index is 9.02. The van der Waals surface area contributed by atoms with Crippen molar-refractivity contribution in [3.05, 3.63) is 58.6 Å². The van der Waals surface area contributed by atoms with Crippen LogP contribution in [-0.4, -0.2) is 7.05 Å². The highest BCUT2D eigenvalue weighted by Gasteiger charge is 2.05. The second kappa shape index (κ2) is 6.24. The average molecular weight is 273 g/mol. The molecule has 0 saturated carbocycles. The molecule has 0 aliphatic carbocycles. The summed E-state index contributed by atoms with van der Waals surface area (Å²) in [7, 11) is 1.90. The third-order valence-electron chi connectivity index (χ3n) is 2.60. The number of benzene rings is 2. The van der Waals surface area contributed by atoms with Gasteiger partial charge in [0, 0.05) is 17.6 Å². The van der Waals surface area contributed by atoms with E-state index < -0.39 is 0 Å². The first-order valence-corrected chi connectivity index (χ1v) is 6.22. The van der Waals surface area contributed by atoms with Gasteiger partial charge >= 0.3 is 0 Å². The van der Waals surface area contributed by atoms with Crippen molar-refractivity contribution in [3.8, 4) is 17.6 Å². The highest BCUT2D eigenvalue weighted by Crippen LogP contribution is 2.28. The summed E-state index contributed by atoms with van der Waals surface area (Å²) in [5.74, 6) is 1.15. The third kappa shape index (κ3) is 3.47. The summed E-state index contributed by atoms with van der Waals surface area (Å²) in [4.78, 5) is 0. The quantitative estimate of drug-likeness (QED) is 0.922. The van der Waals surface area contributed by atoms with E-state index >= 15 is 0 Å². The van der Waals surface area contributed by atoms with E-state index in [4.69, 9.17) is 21.6 Å². The zero-order valence-electron chi connectivity index (χ0n) is 10.5. The topological polar surface area (TPSA) is 45.0 Å². The molecule has 0 unspecified atom stereocenters. The van der Waals surface area contributed by atoms with Gasteiger partial charge in [-0.2, -0.15) is 5.26 Å². The molecule has 2 aromatic rings. The van der Waals surface area contributed by atoms with Crippen molar-refractivity contribution in [3.63, 3.8) is 0 Å². The van der Waals surface area contributed by atoms with Crippen LogP contribution in [-0.2, 0) is 6.54 Å². The number of ether oxygens (including phenoxy) is 1. The van der Waals surface area contributed by atoms with Gasteiger partial charge in [0.15, 0.2) is 0 Å². The number of nitrogens with zero attached hydrogens (tertiary/aromatic N) is 1. The fraction of sp³-hybridized carbons (Fsp3) is 0.133. The van der Waals surface area contributed by atoms with Crippen molar-refractivity contribution in [2.75, 3.05) is 7.05 Å². The van der Waals surface area contributed by atoms with Gasteiger partial charge in [0.05, 0.1) is 5.56 Å². The SMILES string of the molecule is CNCc1ccc(Oc2cc(Cl)ccc2C#N)cc1. The van der Waals surface area contributed by atoms with Gasteiger partial charge in [0.25, 0.3) is 0 Å². The van der Waals surface area contributed by atoms with Crippen LogP contribution in [0.2, 0.25) is 5.02 Å². The van der Waals surface area contributed by atoms with E-state index in [9.17, 15) is 0 Å². The Morgan fingerprint density at radius 2 is 1.95 bits per heavy atom. The Hall–Kier alpha value is -2.02. The van der Waals surface area contributed by atoms with E-state index in [1.807, 2.05) is 31.3 Å². The second-order valence-corrected chi connectivity index (χ2v) is 4.47. The summed E-state index contributed by atoms with van der Waals surface area (Å²) < 4.78 is 5.69. The van der Waals surface area contributed by atoms with Crippen molar-refractivity contribution in [1.29, 1.82) is 5.26 Å². The van der Waals surface area contributed by atoms with Gasteiger partial charge in [-0.15, -0.1) is 0 Å². The molecule has 0 radical (unpaired) electrons. The first-order valence-electron chi connectivity index (χ1n) is 5.84. The molecule has 0 amide bonds. The molecular formula is C15H13ClN2O. The van der Waals surface area contributed by atoms with Crippen LogP contribution in [0.5, 0.6) is 11.5 Å². The van der Waals surface area contributed by atoms with E-state index in [2.05, 4.69) is 11.4 Å². The van der Waals surface area contributed by atoms with Gasteiger partial charge in [0.2, 0.25) is 0 Å². The van der Waals surface area contributed by atoms with Crippen LogP contribution in [0.4, 0.5) is 0 Å². The van der Waals surface area contributed by atoms with Gasteiger partial charge in [0.1, 0.15) is 17.6 Å². The summed E-state index contributed by atoms with van der Waals surface area (Å²) in [6.07, 6.45) is 0. The van der Waals surface area contributed by atoms with Crippen molar-refractivity contribution < 1.29 is 4.74 Å². The number of hydrogen-bond acceptors (Lipinski definition) is 3. The van der Waals surface area contributed by atoms with E-state index in [-0.39, 0.29) is 0 Å². The van der Waals surface area contributed by atoms with E-state index in [1.165, 1.54) is 5.56 Å². The molecule has 96 valence electrons. The van der Waals surface area contributed by atoms with Crippen LogP contribution in [0.1, 0.15) is 11.1 Å². The fourth-order valence-corrected chi connectivity index (χ4v) is 1.84. The minimum atomic E-state index is 0.462. The predicted molar refractivity (Wildman–Crippen MR) is 75.4 cm³/mol. The van der Waals surface area contributed by atoms with Crippen molar-refractivity contribution in [2.45, 2.75) is 6.54 Å². The summed E-state index contributed by atoms with van der Waals surface area (Å²) in [5, 5.41) is 12.6. The Morgan fingerprint density at radius 1 is 1.21 bits per heavy atom. The standard InChI is InChI=1S/C15H13ClN2O/c1-18-10-11-2-6-14(7-3-11)19-15-8-13(16)5-4-12(15)9-17/h2-8,18H,10H2,1H3. The first-order chi connectivity index (χ1) is 9.22. The number of nitriles is 1. The van der Waals surface area contributed by atoms with E-state index in [1.54, 1.807) is 18.2 Å². The Bertz CT molecular complexity index is 603. The highest BCUT2D eigenvalue weighted by atomic mass is 35.5. The zero-order valence-corrected chi connectivity index (χ0v) is 11.2. The Kier molecular flexibility index (Phi) is 4.40. The molecular weight excluding hydrogens is 260 g/mol. The molecule has 19 heavy (non-hydrogen) atoms. The smallest absolute Gasteiger partial charge is 0.146 e. The van der Waals surface area contributed by atoms with Crippen molar-refractivity contribution >= 4 is 11.6 Å². The van der Waals surface area contributed by atoms with Crippen molar-refractivity contribution in [1.82, 2.24) is 5.32 Å². The van der Waals surface area contributed by atoms with E-state index in [0.29, 0.717) is 22.1 Å². The molecule has 0 aromatic heterocycles. The molecule has 0 atom stereocenters. The molecule has 4 heteroatoms. The van der Waals surface area contributed by atoms with Gasteiger partial charge in [-0.05, 0) is 36.9 Å². The van der Waals surface area contributed by atoms with E-state index in [0.717, 1.165) is 6.54 Å². The normalized spacial score (nSPS) is 9.95. The fourth-order valence-electron chi connectivity index (χ4n) is 1.68. The summed E-state index contributed by atoms with van der Waals surface area (Å²) in [6.45, 7) is 0.806. The molecule has 3 nitrogen and oxygen atoms in total. The lowest BCUT2D eigenvalue weighted by Crippen LogP contribution is -2.04. The Labute approximate surface area is 117 Å². The largest absolute Gasteiger partial charge is 0.456 e. The van der Waals surface area contributed by atoms with Crippen LogP contribution in [0.25, 0.3) is 0 Å². The van der Waals surface area contributed by atoms with Crippen LogP contribution in [0.3, 0.4) is 0 Å². The number of nitrogens with one attached hydrogen (secondary N) is 1. The third-order valence-corrected chi connectivity index (χ3v) is 2.83. The molecule has 0 aliphatic heterocycles. The lowest BCUT2D eigenvalue weighted by Gasteiger charge is -2.08. The van der Waals surface area contributed by atoms with Gasteiger partial charge in [-0.25, -0.2) is 0 Å². The van der Waals surface area contributed by atoms with Crippen LogP contribution in [0, 0.1) is 11.3 Å². The predicted octanol–water partition coefficient (Wildman–Crippen LogP) is 3.72. The Balaban J connectivity index is 2.21. The first kappa shape index (κ1) is 13.4. The molecule has 1 N–H and O–H groups in total.